The van der Waals surface area contributed by atoms with Gasteiger partial charge in [-0.2, -0.15) is 0 Å². The van der Waals surface area contributed by atoms with Crippen molar-refractivity contribution in [3.8, 4) is 0 Å². The summed E-state index contributed by atoms with van der Waals surface area (Å²) in [4.78, 5) is 15.0. The van der Waals surface area contributed by atoms with Crippen LogP contribution in [0.25, 0.3) is 0 Å². The van der Waals surface area contributed by atoms with Crippen molar-refractivity contribution in [2.45, 2.75) is 108 Å². The highest BCUT2D eigenvalue weighted by Gasteiger charge is 2.41. The number of hydrogen-bond acceptors (Lipinski definition) is 3. The van der Waals surface area contributed by atoms with Crippen LogP contribution in [-0.4, -0.2) is 48.2 Å². The maximum atomic E-state index is 12.5. The van der Waals surface area contributed by atoms with Crippen LogP contribution in [-0.2, 0) is 9.53 Å². The summed E-state index contributed by atoms with van der Waals surface area (Å²) in [7, 11) is 0. The SMILES string of the molecule is O=C(NC1CCN(C[C@H]2CCC3(CCCCC3)O2)CC1)C1CCCCC1. The van der Waals surface area contributed by atoms with E-state index in [2.05, 4.69) is 10.2 Å². The minimum atomic E-state index is 0.245. The Kier molecular flexibility index (Phi) is 6.20. The summed E-state index contributed by atoms with van der Waals surface area (Å²) in [5.74, 6) is 0.627. The predicted molar refractivity (Wildman–Crippen MR) is 104 cm³/mol. The molecule has 26 heavy (non-hydrogen) atoms. The van der Waals surface area contributed by atoms with E-state index in [9.17, 15) is 4.79 Å². The van der Waals surface area contributed by atoms with E-state index < -0.39 is 0 Å². The average Bonchev–Trinajstić information content (AvgIpc) is 3.06. The third-order valence-electron chi connectivity index (χ3n) is 7.48. The fraction of sp³-hybridized carbons (Fsp3) is 0.955. The van der Waals surface area contributed by atoms with E-state index in [0.717, 1.165) is 45.3 Å². The number of rotatable bonds is 4. The minimum absolute atomic E-state index is 0.245. The van der Waals surface area contributed by atoms with Crippen LogP contribution in [0.5, 0.6) is 0 Å². The van der Waals surface area contributed by atoms with Gasteiger partial charge in [0.1, 0.15) is 0 Å². The van der Waals surface area contributed by atoms with E-state index >= 15 is 0 Å². The first-order valence-corrected chi connectivity index (χ1v) is 11.4. The molecule has 2 aliphatic carbocycles. The zero-order valence-electron chi connectivity index (χ0n) is 16.5. The lowest BCUT2D eigenvalue weighted by atomic mass is 9.83. The third kappa shape index (κ3) is 4.62. The van der Waals surface area contributed by atoms with Gasteiger partial charge < -0.3 is 15.0 Å². The van der Waals surface area contributed by atoms with Crippen molar-refractivity contribution in [3.05, 3.63) is 0 Å². The Labute approximate surface area is 159 Å². The van der Waals surface area contributed by atoms with Gasteiger partial charge >= 0.3 is 0 Å². The van der Waals surface area contributed by atoms with Gasteiger partial charge in [-0.3, -0.25) is 4.79 Å². The van der Waals surface area contributed by atoms with Crippen molar-refractivity contribution in [3.63, 3.8) is 0 Å². The maximum absolute atomic E-state index is 12.5. The molecule has 2 aliphatic heterocycles. The molecule has 4 fully saturated rings. The highest BCUT2D eigenvalue weighted by atomic mass is 16.5. The van der Waals surface area contributed by atoms with Crippen molar-refractivity contribution < 1.29 is 9.53 Å². The second kappa shape index (κ2) is 8.60. The topological polar surface area (TPSA) is 41.6 Å². The molecule has 0 aromatic carbocycles. The Morgan fingerprint density at radius 2 is 1.58 bits per heavy atom. The van der Waals surface area contributed by atoms with Gasteiger partial charge in [0.25, 0.3) is 0 Å². The number of hydrogen-bond donors (Lipinski definition) is 1. The van der Waals surface area contributed by atoms with Crippen LogP contribution in [0.2, 0.25) is 0 Å². The Hall–Kier alpha value is -0.610. The van der Waals surface area contributed by atoms with Crippen LogP contribution < -0.4 is 5.32 Å². The zero-order chi connectivity index (χ0) is 17.8. The van der Waals surface area contributed by atoms with E-state index in [4.69, 9.17) is 4.74 Å². The average molecular weight is 363 g/mol. The second-order valence-corrected chi connectivity index (χ2v) is 9.44. The molecule has 0 aromatic heterocycles. The summed E-state index contributed by atoms with van der Waals surface area (Å²) in [6, 6.07) is 0.398. The third-order valence-corrected chi connectivity index (χ3v) is 7.48. The normalized spacial score (nSPS) is 31.3. The predicted octanol–water partition coefficient (Wildman–Crippen LogP) is 4.03. The first-order chi connectivity index (χ1) is 12.7. The fourth-order valence-electron chi connectivity index (χ4n) is 5.82. The van der Waals surface area contributed by atoms with Crippen molar-refractivity contribution in [2.75, 3.05) is 19.6 Å². The van der Waals surface area contributed by atoms with Crippen molar-refractivity contribution in [1.82, 2.24) is 10.2 Å². The highest BCUT2D eigenvalue weighted by Crippen LogP contribution is 2.42. The monoisotopic (exact) mass is 362 g/mol. The van der Waals surface area contributed by atoms with Crippen LogP contribution in [0.3, 0.4) is 0 Å². The second-order valence-electron chi connectivity index (χ2n) is 9.44. The number of carbonyl (C=O) groups is 1. The molecule has 148 valence electrons. The zero-order valence-corrected chi connectivity index (χ0v) is 16.5. The van der Waals surface area contributed by atoms with Crippen molar-refractivity contribution >= 4 is 5.91 Å². The lowest BCUT2D eigenvalue weighted by Crippen LogP contribution is -2.48. The Bertz CT molecular complexity index is 461. The molecule has 1 amide bonds. The Morgan fingerprint density at radius 1 is 0.885 bits per heavy atom. The fourth-order valence-corrected chi connectivity index (χ4v) is 5.82. The molecule has 2 heterocycles. The van der Waals surface area contributed by atoms with Gasteiger partial charge in [0.05, 0.1) is 11.7 Å². The maximum Gasteiger partial charge on any atom is 0.223 e. The van der Waals surface area contributed by atoms with Gasteiger partial charge in [0.15, 0.2) is 0 Å². The summed E-state index contributed by atoms with van der Waals surface area (Å²) >= 11 is 0. The molecule has 4 nitrogen and oxygen atoms in total. The van der Waals surface area contributed by atoms with Gasteiger partial charge in [-0.25, -0.2) is 0 Å². The number of amides is 1. The molecule has 0 aromatic rings. The van der Waals surface area contributed by atoms with Gasteiger partial charge in [-0.1, -0.05) is 38.5 Å². The summed E-state index contributed by atoms with van der Waals surface area (Å²) < 4.78 is 6.55. The van der Waals surface area contributed by atoms with Crippen LogP contribution in [0.4, 0.5) is 0 Å². The number of nitrogens with zero attached hydrogens (tertiary/aromatic N) is 1. The number of carbonyl (C=O) groups excluding carboxylic acids is 1. The highest BCUT2D eigenvalue weighted by molar-refractivity contribution is 5.79. The molecule has 4 heteroatoms. The molecule has 4 rings (SSSR count). The summed E-state index contributed by atoms with van der Waals surface area (Å²) in [6.07, 6.45) is 17.9. The number of likely N-dealkylation sites (tertiary alicyclic amines) is 1. The van der Waals surface area contributed by atoms with Crippen LogP contribution in [0, 0.1) is 5.92 Å². The van der Waals surface area contributed by atoms with Crippen LogP contribution in [0.1, 0.15) is 89.9 Å². The largest absolute Gasteiger partial charge is 0.370 e. The minimum Gasteiger partial charge on any atom is -0.370 e. The van der Waals surface area contributed by atoms with Crippen LogP contribution >= 0.6 is 0 Å². The Morgan fingerprint density at radius 3 is 2.31 bits per heavy atom. The number of ether oxygens (including phenoxy) is 1. The van der Waals surface area contributed by atoms with Gasteiger partial charge in [0.2, 0.25) is 5.91 Å². The molecule has 0 radical (unpaired) electrons. The number of nitrogens with one attached hydrogen (secondary N) is 1. The lowest BCUT2D eigenvalue weighted by Gasteiger charge is -2.36. The van der Waals surface area contributed by atoms with Gasteiger partial charge in [-0.05, 0) is 51.4 Å². The first kappa shape index (κ1) is 18.7. The molecule has 1 N–H and O–H groups in total. The lowest BCUT2D eigenvalue weighted by molar-refractivity contribution is -0.127. The van der Waals surface area contributed by atoms with E-state index in [-0.39, 0.29) is 5.60 Å². The molecule has 4 aliphatic rings. The molecule has 2 saturated heterocycles. The summed E-state index contributed by atoms with van der Waals surface area (Å²) in [5, 5.41) is 3.35. The van der Waals surface area contributed by atoms with Gasteiger partial charge in [-0.15, -0.1) is 0 Å². The smallest absolute Gasteiger partial charge is 0.223 e. The van der Waals surface area contributed by atoms with Gasteiger partial charge in [0, 0.05) is 31.6 Å². The van der Waals surface area contributed by atoms with Crippen molar-refractivity contribution in [1.29, 1.82) is 0 Å². The quantitative estimate of drug-likeness (QED) is 0.821. The van der Waals surface area contributed by atoms with Crippen molar-refractivity contribution in [2.24, 2.45) is 5.92 Å². The first-order valence-electron chi connectivity index (χ1n) is 11.4. The molecule has 2 saturated carbocycles. The molecule has 0 unspecified atom stereocenters. The molecular weight excluding hydrogens is 324 g/mol. The molecule has 1 atom stereocenters. The van der Waals surface area contributed by atoms with E-state index in [1.54, 1.807) is 0 Å². The Balaban J connectivity index is 1.16. The van der Waals surface area contributed by atoms with E-state index in [1.807, 2.05) is 0 Å². The summed E-state index contributed by atoms with van der Waals surface area (Å²) in [6.45, 7) is 3.33. The van der Waals surface area contributed by atoms with E-state index in [0.29, 0.717) is 24.0 Å². The molecule has 0 bridgehead atoms. The van der Waals surface area contributed by atoms with Crippen LogP contribution in [0.15, 0.2) is 0 Å². The number of piperidine rings is 1. The molecule has 1 spiro atoms. The standard InChI is InChI=1S/C22H38N2O2/c25-21(18-7-3-1-4-8-18)23-19-10-15-24(16-11-19)17-20-9-14-22(26-20)12-5-2-6-13-22/h18-20H,1-17H2,(H,23,25)/t20-/m1/s1. The van der Waals surface area contributed by atoms with E-state index in [1.165, 1.54) is 64.2 Å². The molecular formula is C22H38N2O2. The summed E-state index contributed by atoms with van der Waals surface area (Å²) in [5.41, 5.74) is 0.245.